The standard InChI is InChI=1S/C15H25N3/c1-15(2)12-17(4)11-14(10-16-3)18(15)13-8-6-5-7-9-13/h5-9,14,16H,10-12H2,1-4H3. The zero-order valence-corrected chi connectivity index (χ0v) is 12.0. The number of piperazine rings is 1. The molecule has 3 heteroatoms. The maximum atomic E-state index is 3.33. The van der Waals surface area contributed by atoms with Gasteiger partial charge in [0.2, 0.25) is 0 Å². The molecule has 1 N–H and O–H groups in total. The molecule has 0 bridgehead atoms. The van der Waals surface area contributed by atoms with E-state index >= 15 is 0 Å². The highest BCUT2D eigenvalue weighted by Gasteiger charge is 2.38. The van der Waals surface area contributed by atoms with E-state index in [-0.39, 0.29) is 5.54 Å². The van der Waals surface area contributed by atoms with Gasteiger partial charge in [0.15, 0.2) is 0 Å². The van der Waals surface area contributed by atoms with E-state index in [9.17, 15) is 0 Å². The number of nitrogens with one attached hydrogen (secondary N) is 1. The predicted octanol–water partition coefficient (Wildman–Crippen LogP) is 1.80. The van der Waals surface area contributed by atoms with E-state index in [0.29, 0.717) is 6.04 Å². The van der Waals surface area contributed by atoms with Gasteiger partial charge in [-0.25, -0.2) is 0 Å². The number of para-hydroxylation sites is 1. The maximum absolute atomic E-state index is 3.33. The summed E-state index contributed by atoms with van der Waals surface area (Å²) in [7, 11) is 4.25. The minimum absolute atomic E-state index is 0.163. The number of anilines is 1. The van der Waals surface area contributed by atoms with Gasteiger partial charge in [-0.05, 0) is 40.1 Å². The summed E-state index contributed by atoms with van der Waals surface area (Å²) in [5.74, 6) is 0. The molecule has 0 spiro atoms. The fourth-order valence-electron chi connectivity index (χ4n) is 3.28. The van der Waals surface area contributed by atoms with Crippen LogP contribution in [-0.2, 0) is 0 Å². The summed E-state index contributed by atoms with van der Waals surface area (Å²) < 4.78 is 0. The van der Waals surface area contributed by atoms with E-state index in [1.165, 1.54) is 5.69 Å². The molecule has 1 heterocycles. The van der Waals surface area contributed by atoms with Crippen LogP contribution in [0.1, 0.15) is 13.8 Å². The van der Waals surface area contributed by atoms with Crippen molar-refractivity contribution in [2.24, 2.45) is 0 Å². The van der Waals surface area contributed by atoms with Crippen LogP contribution in [-0.4, -0.2) is 50.2 Å². The van der Waals surface area contributed by atoms with Crippen LogP contribution in [0.5, 0.6) is 0 Å². The SMILES string of the molecule is CNCC1CN(C)CC(C)(C)N1c1ccccc1. The van der Waals surface area contributed by atoms with Gasteiger partial charge in [-0.15, -0.1) is 0 Å². The zero-order valence-electron chi connectivity index (χ0n) is 12.0. The molecular weight excluding hydrogens is 222 g/mol. The van der Waals surface area contributed by atoms with Crippen LogP contribution in [0.25, 0.3) is 0 Å². The molecule has 1 aliphatic heterocycles. The van der Waals surface area contributed by atoms with E-state index in [1.54, 1.807) is 0 Å². The second-order valence-corrected chi connectivity index (χ2v) is 5.93. The van der Waals surface area contributed by atoms with Crippen LogP contribution in [0.4, 0.5) is 5.69 Å². The summed E-state index contributed by atoms with van der Waals surface area (Å²) in [6.07, 6.45) is 0. The summed E-state index contributed by atoms with van der Waals surface area (Å²) in [4.78, 5) is 5.00. The van der Waals surface area contributed by atoms with Crippen molar-refractivity contribution >= 4 is 5.69 Å². The number of nitrogens with zero attached hydrogens (tertiary/aromatic N) is 2. The van der Waals surface area contributed by atoms with Gasteiger partial charge in [0.25, 0.3) is 0 Å². The van der Waals surface area contributed by atoms with Crippen LogP contribution in [0.15, 0.2) is 30.3 Å². The highest BCUT2D eigenvalue weighted by atomic mass is 15.3. The van der Waals surface area contributed by atoms with Crippen molar-refractivity contribution in [3.8, 4) is 0 Å². The molecule has 2 rings (SSSR count). The Balaban J connectivity index is 2.32. The Morgan fingerprint density at radius 1 is 1.28 bits per heavy atom. The molecule has 100 valence electrons. The Morgan fingerprint density at radius 2 is 1.94 bits per heavy atom. The van der Waals surface area contributed by atoms with Gasteiger partial charge in [-0.1, -0.05) is 18.2 Å². The number of rotatable bonds is 3. The normalized spacial score (nSPS) is 24.2. The van der Waals surface area contributed by atoms with Crippen molar-refractivity contribution in [1.82, 2.24) is 10.2 Å². The number of hydrogen-bond acceptors (Lipinski definition) is 3. The highest BCUT2D eigenvalue weighted by molar-refractivity contribution is 5.50. The highest BCUT2D eigenvalue weighted by Crippen LogP contribution is 2.30. The molecule has 0 amide bonds. The first kappa shape index (κ1) is 13.4. The summed E-state index contributed by atoms with van der Waals surface area (Å²) >= 11 is 0. The van der Waals surface area contributed by atoms with Crippen LogP contribution in [0.2, 0.25) is 0 Å². The molecule has 1 aromatic rings. The largest absolute Gasteiger partial charge is 0.360 e. The number of benzene rings is 1. The molecule has 1 unspecified atom stereocenters. The second-order valence-electron chi connectivity index (χ2n) is 5.93. The smallest absolute Gasteiger partial charge is 0.0547 e. The first-order chi connectivity index (χ1) is 8.54. The lowest BCUT2D eigenvalue weighted by atomic mass is 9.94. The van der Waals surface area contributed by atoms with Crippen molar-refractivity contribution in [3.63, 3.8) is 0 Å². The fourth-order valence-corrected chi connectivity index (χ4v) is 3.28. The molecule has 3 nitrogen and oxygen atoms in total. The Bertz CT molecular complexity index is 375. The van der Waals surface area contributed by atoms with Gasteiger partial charge >= 0.3 is 0 Å². The van der Waals surface area contributed by atoms with E-state index < -0.39 is 0 Å². The van der Waals surface area contributed by atoms with E-state index in [0.717, 1.165) is 19.6 Å². The topological polar surface area (TPSA) is 18.5 Å². The number of likely N-dealkylation sites (N-methyl/N-ethyl adjacent to an activating group) is 2. The van der Waals surface area contributed by atoms with Crippen molar-refractivity contribution in [2.45, 2.75) is 25.4 Å². The van der Waals surface area contributed by atoms with Crippen molar-refractivity contribution in [2.75, 3.05) is 38.6 Å². The Kier molecular flexibility index (Phi) is 3.93. The Morgan fingerprint density at radius 3 is 2.56 bits per heavy atom. The number of hydrogen-bond donors (Lipinski definition) is 1. The minimum Gasteiger partial charge on any atom is -0.360 e. The average Bonchev–Trinajstić information content (AvgIpc) is 2.28. The predicted molar refractivity (Wildman–Crippen MR) is 78.2 cm³/mol. The molecule has 0 aliphatic carbocycles. The van der Waals surface area contributed by atoms with Gasteiger partial charge in [0.1, 0.15) is 0 Å². The lowest BCUT2D eigenvalue weighted by Gasteiger charge is -2.52. The molecule has 1 fully saturated rings. The van der Waals surface area contributed by atoms with Gasteiger partial charge in [-0.3, -0.25) is 0 Å². The van der Waals surface area contributed by atoms with Gasteiger partial charge in [-0.2, -0.15) is 0 Å². The lowest BCUT2D eigenvalue weighted by Crippen LogP contribution is -2.65. The molecule has 1 atom stereocenters. The lowest BCUT2D eigenvalue weighted by molar-refractivity contribution is 0.179. The molecule has 1 aliphatic rings. The third kappa shape index (κ3) is 2.68. The fraction of sp³-hybridized carbons (Fsp3) is 0.600. The second kappa shape index (κ2) is 5.29. The first-order valence-electron chi connectivity index (χ1n) is 6.72. The average molecular weight is 247 g/mol. The summed E-state index contributed by atoms with van der Waals surface area (Å²) in [6, 6.07) is 11.3. The summed E-state index contributed by atoms with van der Waals surface area (Å²) in [5.41, 5.74) is 1.49. The summed E-state index contributed by atoms with van der Waals surface area (Å²) in [5, 5.41) is 3.33. The molecule has 1 aromatic carbocycles. The zero-order chi connectivity index (χ0) is 13.2. The minimum atomic E-state index is 0.163. The monoisotopic (exact) mass is 247 g/mol. The maximum Gasteiger partial charge on any atom is 0.0547 e. The molecule has 18 heavy (non-hydrogen) atoms. The third-order valence-electron chi connectivity index (χ3n) is 3.67. The molecule has 0 radical (unpaired) electrons. The molecule has 1 saturated heterocycles. The quantitative estimate of drug-likeness (QED) is 0.879. The first-order valence-corrected chi connectivity index (χ1v) is 6.72. The van der Waals surface area contributed by atoms with Gasteiger partial charge in [0, 0.05) is 30.9 Å². The Labute approximate surface area is 111 Å². The van der Waals surface area contributed by atoms with Crippen molar-refractivity contribution < 1.29 is 0 Å². The van der Waals surface area contributed by atoms with Crippen LogP contribution >= 0.6 is 0 Å². The van der Waals surface area contributed by atoms with Gasteiger partial charge < -0.3 is 15.1 Å². The Hall–Kier alpha value is -1.06. The van der Waals surface area contributed by atoms with Crippen LogP contribution in [0, 0.1) is 0 Å². The van der Waals surface area contributed by atoms with Crippen LogP contribution in [0.3, 0.4) is 0 Å². The third-order valence-corrected chi connectivity index (χ3v) is 3.67. The molecule has 0 saturated carbocycles. The van der Waals surface area contributed by atoms with Gasteiger partial charge in [0.05, 0.1) is 6.04 Å². The van der Waals surface area contributed by atoms with Crippen molar-refractivity contribution in [1.29, 1.82) is 0 Å². The molecular formula is C15H25N3. The van der Waals surface area contributed by atoms with Crippen LogP contribution < -0.4 is 10.2 Å². The summed E-state index contributed by atoms with van der Waals surface area (Å²) in [6.45, 7) is 7.89. The van der Waals surface area contributed by atoms with Crippen molar-refractivity contribution in [3.05, 3.63) is 30.3 Å². The van der Waals surface area contributed by atoms with E-state index in [1.807, 2.05) is 7.05 Å². The van der Waals surface area contributed by atoms with E-state index in [2.05, 4.69) is 66.3 Å². The van der Waals surface area contributed by atoms with E-state index in [4.69, 9.17) is 0 Å². The molecule has 0 aromatic heterocycles.